The van der Waals surface area contributed by atoms with Crippen LogP contribution in [0.15, 0.2) is 22.7 Å². The van der Waals surface area contributed by atoms with Gasteiger partial charge in [0.1, 0.15) is 0 Å². The highest BCUT2D eigenvalue weighted by Crippen LogP contribution is 2.28. The van der Waals surface area contributed by atoms with Crippen LogP contribution < -0.4 is 5.73 Å². The van der Waals surface area contributed by atoms with Crippen molar-refractivity contribution in [1.82, 2.24) is 0 Å². The van der Waals surface area contributed by atoms with E-state index < -0.39 is 18.6 Å². The molecular weight excluding hydrogens is 283 g/mol. The zero-order chi connectivity index (χ0) is 12.3. The Bertz CT molecular complexity index is 363. The van der Waals surface area contributed by atoms with Gasteiger partial charge in [-0.15, -0.1) is 0 Å². The third-order valence-electron chi connectivity index (χ3n) is 2.38. The zero-order valence-electron chi connectivity index (χ0n) is 8.81. The Morgan fingerprint density at radius 3 is 2.56 bits per heavy atom. The van der Waals surface area contributed by atoms with E-state index in [4.69, 9.17) is 5.73 Å². The van der Waals surface area contributed by atoms with Crippen molar-refractivity contribution in [2.45, 2.75) is 32.0 Å². The molecule has 2 N–H and O–H groups in total. The van der Waals surface area contributed by atoms with Crippen molar-refractivity contribution in [1.29, 1.82) is 0 Å². The van der Waals surface area contributed by atoms with Gasteiger partial charge in [-0.3, -0.25) is 0 Å². The Morgan fingerprint density at radius 1 is 1.38 bits per heavy atom. The van der Waals surface area contributed by atoms with Gasteiger partial charge in [-0.2, -0.15) is 13.2 Å². The lowest BCUT2D eigenvalue weighted by Gasteiger charge is -2.16. The molecule has 1 aromatic carbocycles. The first-order valence-electron chi connectivity index (χ1n) is 4.88. The van der Waals surface area contributed by atoms with Crippen LogP contribution in [-0.2, 0) is 0 Å². The fraction of sp³-hybridized carbons (Fsp3) is 0.455. The van der Waals surface area contributed by atoms with Crippen LogP contribution in [0.5, 0.6) is 0 Å². The van der Waals surface area contributed by atoms with E-state index in [9.17, 15) is 13.2 Å². The number of alkyl halides is 3. The summed E-state index contributed by atoms with van der Waals surface area (Å²) in [5.74, 6) is 0. The second-order valence-corrected chi connectivity index (χ2v) is 4.68. The average molecular weight is 296 g/mol. The maximum absolute atomic E-state index is 12.0. The molecule has 0 spiro atoms. The molecule has 0 saturated carbocycles. The van der Waals surface area contributed by atoms with Gasteiger partial charge in [0.2, 0.25) is 0 Å². The molecule has 0 fully saturated rings. The van der Waals surface area contributed by atoms with Crippen molar-refractivity contribution in [2.24, 2.45) is 5.73 Å². The van der Waals surface area contributed by atoms with E-state index in [0.717, 1.165) is 15.6 Å². The maximum Gasteiger partial charge on any atom is 0.389 e. The maximum atomic E-state index is 12.0. The molecule has 0 amide bonds. The van der Waals surface area contributed by atoms with Crippen LogP contribution in [0.4, 0.5) is 13.2 Å². The van der Waals surface area contributed by atoms with E-state index in [-0.39, 0.29) is 6.42 Å². The monoisotopic (exact) mass is 295 g/mol. The van der Waals surface area contributed by atoms with Gasteiger partial charge < -0.3 is 5.73 Å². The number of rotatable bonds is 3. The number of aryl methyl sites for hydroxylation is 1. The first-order valence-corrected chi connectivity index (χ1v) is 5.67. The minimum absolute atomic E-state index is 0.0825. The standard InChI is InChI=1S/C11H13BrF3N/c1-7-2-3-8(12)6-9(7)10(16)4-5-11(13,14)15/h2-3,6,10H,4-5,16H2,1H3/t10-/m0/s1. The van der Waals surface area contributed by atoms with Crippen LogP contribution in [-0.4, -0.2) is 6.18 Å². The van der Waals surface area contributed by atoms with Crippen molar-refractivity contribution in [3.05, 3.63) is 33.8 Å². The third-order valence-corrected chi connectivity index (χ3v) is 2.87. The second-order valence-electron chi connectivity index (χ2n) is 3.76. The lowest BCUT2D eigenvalue weighted by atomic mass is 9.98. The molecule has 16 heavy (non-hydrogen) atoms. The summed E-state index contributed by atoms with van der Waals surface area (Å²) in [6.45, 7) is 1.84. The van der Waals surface area contributed by atoms with Crippen molar-refractivity contribution in [3.8, 4) is 0 Å². The van der Waals surface area contributed by atoms with E-state index in [0.29, 0.717) is 0 Å². The average Bonchev–Trinajstić information content (AvgIpc) is 2.17. The van der Waals surface area contributed by atoms with Crippen LogP contribution in [0.25, 0.3) is 0 Å². The lowest BCUT2D eigenvalue weighted by Crippen LogP contribution is -2.16. The van der Waals surface area contributed by atoms with Crippen LogP contribution in [0.3, 0.4) is 0 Å². The first kappa shape index (κ1) is 13.5. The summed E-state index contributed by atoms with van der Waals surface area (Å²) in [7, 11) is 0. The summed E-state index contributed by atoms with van der Waals surface area (Å²) in [4.78, 5) is 0. The fourth-order valence-corrected chi connectivity index (χ4v) is 1.86. The Labute approximate surface area is 101 Å². The quantitative estimate of drug-likeness (QED) is 0.893. The topological polar surface area (TPSA) is 26.0 Å². The molecule has 0 aliphatic carbocycles. The highest BCUT2D eigenvalue weighted by atomic mass is 79.9. The Balaban J connectivity index is 2.73. The molecule has 0 aliphatic rings. The molecule has 5 heteroatoms. The Kier molecular flexibility index (Phi) is 4.38. The van der Waals surface area contributed by atoms with Gasteiger partial charge >= 0.3 is 6.18 Å². The summed E-state index contributed by atoms with van der Waals surface area (Å²) < 4.78 is 37.0. The van der Waals surface area contributed by atoms with Crippen LogP contribution in [0, 0.1) is 6.92 Å². The molecule has 1 aromatic rings. The Morgan fingerprint density at radius 2 is 2.00 bits per heavy atom. The molecule has 90 valence electrons. The molecular formula is C11H13BrF3N. The van der Waals surface area contributed by atoms with Crippen LogP contribution in [0.1, 0.15) is 30.0 Å². The molecule has 0 unspecified atom stereocenters. The number of benzene rings is 1. The molecule has 0 saturated heterocycles. The van der Waals surface area contributed by atoms with Crippen molar-refractivity contribution in [3.63, 3.8) is 0 Å². The highest BCUT2D eigenvalue weighted by molar-refractivity contribution is 9.10. The van der Waals surface area contributed by atoms with Crippen LogP contribution in [0.2, 0.25) is 0 Å². The molecule has 0 radical (unpaired) electrons. The molecule has 1 nitrogen and oxygen atoms in total. The van der Waals surface area contributed by atoms with E-state index >= 15 is 0 Å². The third kappa shape index (κ3) is 4.14. The van der Waals surface area contributed by atoms with Crippen LogP contribution >= 0.6 is 15.9 Å². The summed E-state index contributed by atoms with van der Waals surface area (Å²) in [5, 5.41) is 0. The molecule has 0 aliphatic heterocycles. The lowest BCUT2D eigenvalue weighted by molar-refractivity contribution is -0.136. The van der Waals surface area contributed by atoms with Crippen molar-refractivity contribution < 1.29 is 13.2 Å². The summed E-state index contributed by atoms with van der Waals surface area (Å²) in [6, 6.07) is 4.89. The predicted molar refractivity (Wildman–Crippen MR) is 61.1 cm³/mol. The van der Waals surface area contributed by atoms with E-state index in [1.165, 1.54) is 0 Å². The highest BCUT2D eigenvalue weighted by Gasteiger charge is 2.28. The number of hydrogen-bond acceptors (Lipinski definition) is 1. The molecule has 0 aromatic heterocycles. The van der Waals surface area contributed by atoms with Crippen molar-refractivity contribution >= 4 is 15.9 Å². The van der Waals surface area contributed by atoms with Gasteiger partial charge in [0.05, 0.1) is 0 Å². The second kappa shape index (κ2) is 5.19. The summed E-state index contributed by atoms with van der Waals surface area (Å²) in [6.07, 6.45) is -5.07. The smallest absolute Gasteiger partial charge is 0.324 e. The van der Waals surface area contributed by atoms with E-state index in [2.05, 4.69) is 15.9 Å². The number of hydrogen-bond donors (Lipinski definition) is 1. The van der Waals surface area contributed by atoms with Gasteiger partial charge in [-0.05, 0) is 36.6 Å². The van der Waals surface area contributed by atoms with Gasteiger partial charge in [0, 0.05) is 16.9 Å². The van der Waals surface area contributed by atoms with Gasteiger partial charge in [0.15, 0.2) is 0 Å². The molecule has 1 atom stereocenters. The Hall–Kier alpha value is -0.550. The van der Waals surface area contributed by atoms with Gasteiger partial charge in [0.25, 0.3) is 0 Å². The molecule has 0 bridgehead atoms. The van der Waals surface area contributed by atoms with Gasteiger partial charge in [-0.1, -0.05) is 22.0 Å². The first-order chi connectivity index (χ1) is 7.29. The van der Waals surface area contributed by atoms with E-state index in [1.807, 2.05) is 19.1 Å². The van der Waals surface area contributed by atoms with Crippen molar-refractivity contribution in [2.75, 3.05) is 0 Å². The molecule has 1 rings (SSSR count). The normalized spacial score (nSPS) is 13.9. The number of nitrogens with two attached hydrogens (primary N) is 1. The fourth-order valence-electron chi connectivity index (χ4n) is 1.49. The predicted octanol–water partition coefficient (Wildman–Crippen LogP) is 4.10. The zero-order valence-corrected chi connectivity index (χ0v) is 10.4. The summed E-state index contributed by atoms with van der Waals surface area (Å²) in [5.41, 5.74) is 7.43. The minimum Gasteiger partial charge on any atom is -0.324 e. The SMILES string of the molecule is Cc1ccc(Br)cc1[C@@H](N)CCC(F)(F)F. The largest absolute Gasteiger partial charge is 0.389 e. The summed E-state index contributed by atoms with van der Waals surface area (Å²) >= 11 is 3.28. The minimum atomic E-state index is -4.14. The van der Waals surface area contributed by atoms with E-state index in [1.54, 1.807) is 6.07 Å². The molecule has 0 heterocycles. The number of halogens is 4. The van der Waals surface area contributed by atoms with Gasteiger partial charge in [-0.25, -0.2) is 0 Å².